The van der Waals surface area contributed by atoms with Crippen LogP contribution in [0.5, 0.6) is 86.2 Å². The fraction of sp³-hybridized carbons (Fsp3) is 0.146. The summed E-state index contributed by atoms with van der Waals surface area (Å²) < 4.78 is 27.7. The number of benzene rings is 5. The third-order valence-electron chi connectivity index (χ3n) is 11.5. The second kappa shape index (κ2) is 14.2. The molecular formula is C41H26O26. The Labute approximate surface area is 367 Å². The normalized spacial score (nSPS) is 20.6. The van der Waals surface area contributed by atoms with Crippen LogP contribution >= 0.6 is 0 Å². The van der Waals surface area contributed by atoms with Crippen LogP contribution in [0.2, 0.25) is 0 Å². The molecule has 5 atom stereocenters. The van der Waals surface area contributed by atoms with Crippen molar-refractivity contribution < 1.29 is 129 Å². The SMILES string of the molecule is O=C1O[C@H]2[C@@H]3OC(=O)c4c(c(O)c(O)c(O)c4-c4c(O)c(O)c(O)c5c4C(=O)O[C@H]3[C@@H]5O)-c3c(cc(O)c(O)c3O)C(=O)O[C@@H]2COC(=O)c2cc(O)c(O)c(O)c2-c2cc1c(O)c(O)c2O. The molecule has 0 saturated carbocycles. The van der Waals surface area contributed by atoms with Crippen LogP contribution in [0, 0.1) is 0 Å². The minimum Gasteiger partial charge on any atom is -0.504 e. The molecule has 0 unspecified atom stereocenters. The van der Waals surface area contributed by atoms with E-state index in [1.54, 1.807) is 0 Å². The highest BCUT2D eigenvalue weighted by Gasteiger charge is 2.55. The number of ether oxygens (including phenoxy) is 5. The maximum atomic E-state index is 15.0. The molecule has 10 rings (SSSR count). The Morgan fingerprint density at radius 2 is 0.776 bits per heavy atom. The number of aromatic hydroxyl groups is 15. The first-order valence-corrected chi connectivity index (χ1v) is 18.6. The molecule has 346 valence electrons. The van der Waals surface area contributed by atoms with Crippen LogP contribution in [0.3, 0.4) is 0 Å². The van der Waals surface area contributed by atoms with Crippen molar-refractivity contribution in [1.29, 1.82) is 0 Å². The zero-order chi connectivity index (χ0) is 48.7. The lowest BCUT2D eigenvalue weighted by Gasteiger charge is -2.41. The largest absolute Gasteiger partial charge is 0.504 e. The smallest absolute Gasteiger partial charge is 0.342 e. The molecule has 0 saturated heterocycles. The topological polar surface area (TPSA) is 455 Å². The van der Waals surface area contributed by atoms with Crippen LogP contribution in [0.15, 0.2) is 18.2 Å². The summed E-state index contributed by atoms with van der Waals surface area (Å²) in [5.41, 5.74) is -14.6. The molecule has 0 aromatic heterocycles. The average molecular weight is 935 g/mol. The maximum absolute atomic E-state index is 15.0. The van der Waals surface area contributed by atoms with Gasteiger partial charge in [-0.1, -0.05) is 0 Å². The van der Waals surface area contributed by atoms with Gasteiger partial charge in [0.2, 0.25) is 28.7 Å². The molecule has 16 N–H and O–H groups in total. The van der Waals surface area contributed by atoms with Gasteiger partial charge in [0, 0.05) is 38.9 Å². The zero-order valence-corrected chi connectivity index (χ0v) is 32.6. The number of hydrogen-bond acceptors (Lipinski definition) is 26. The first-order valence-electron chi connectivity index (χ1n) is 18.6. The fourth-order valence-corrected chi connectivity index (χ4v) is 8.34. The van der Waals surface area contributed by atoms with E-state index in [-0.39, 0.29) is 0 Å². The van der Waals surface area contributed by atoms with Gasteiger partial charge in [0.05, 0.1) is 22.3 Å². The second-order valence-electron chi connectivity index (χ2n) is 15.0. The first-order chi connectivity index (χ1) is 31.5. The standard InChI is InChI=1S/C41H26O26/c42-9-2-6-12(24(48)22(9)46)5-1-8(21(45)31(55)20(5)44)39(60)65-34-11(4-63-37(6)58)64-38(59)7-3-10(43)23(47)25(49)13(7)14-17-15(27(51)32(56)26(14)50)16-18-19(29(53)33(57)28(16)52)30(54)35(66-41(18)62)36(34)67-40(17)61/h1-3,11,30,34-36,42-57H,4H2/t11-,30-,34-,35+,36+/m1/s1. The summed E-state index contributed by atoms with van der Waals surface area (Å²) in [6.45, 7) is -1.52. The molecule has 26 heteroatoms. The van der Waals surface area contributed by atoms with Crippen LogP contribution in [0.1, 0.15) is 63.5 Å². The highest BCUT2D eigenvalue weighted by atomic mass is 16.6. The van der Waals surface area contributed by atoms with E-state index in [0.29, 0.717) is 18.2 Å². The monoisotopic (exact) mass is 934 g/mol. The number of rotatable bonds is 0. The molecule has 5 aliphatic rings. The van der Waals surface area contributed by atoms with Gasteiger partial charge in [-0.15, -0.1) is 0 Å². The first kappa shape index (κ1) is 42.7. The van der Waals surface area contributed by atoms with Gasteiger partial charge in [-0.2, -0.15) is 0 Å². The van der Waals surface area contributed by atoms with Crippen LogP contribution in [-0.4, -0.2) is 143 Å². The summed E-state index contributed by atoms with van der Waals surface area (Å²) in [7, 11) is 0. The molecule has 8 bridgehead atoms. The van der Waals surface area contributed by atoms with Crippen molar-refractivity contribution in [3.63, 3.8) is 0 Å². The molecule has 26 nitrogen and oxygen atoms in total. The molecule has 0 spiro atoms. The van der Waals surface area contributed by atoms with Gasteiger partial charge in [0.1, 0.15) is 18.3 Å². The van der Waals surface area contributed by atoms with Gasteiger partial charge >= 0.3 is 29.8 Å². The molecule has 0 fully saturated rings. The number of aliphatic hydroxyl groups is 1. The molecule has 0 amide bonds. The number of phenolic OH excluding ortho intramolecular Hbond substituents is 15. The lowest BCUT2D eigenvalue weighted by Crippen LogP contribution is -2.56. The summed E-state index contributed by atoms with van der Waals surface area (Å²) in [4.78, 5) is 72.1. The fourth-order valence-electron chi connectivity index (χ4n) is 8.34. The van der Waals surface area contributed by atoms with Crippen LogP contribution in [0.4, 0.5) is 0 Å². The Bertz CT molecular complexity index is 3190. The highest BCUT2D eigenvalue weighted by Crippen LogP contribution is 2.62. The summed E-state index contributed by atoms with van der Waals surface area (Å²) in [6, 6.07) is 1.18. The number of fused-ring (bicyclic) bond motifs is 8. The molecular weight excluding hydrogens is 908 g/mol. The maximum Gasteiger partial charge on any atom is 0.342 e. The molecule has 5 aliphatic heterocycles. The zero-order valence-electron chi connectivity index (χ0n) is 32.6. The van der Waals surface area contributed by atoms with Crippen LogP contribution in [-0.2, 0) is 23.7 Å². The summed E-state index contributed by atoms with van der Waals surface area (Å²) in [6.07, 6.45) is -13.5. The van der Waals surface area contributed by atoms with Crippen molar-refractivity contribution in [2.45, 2.75) is 30.5 Å². The van der Waals surface area contributed by atoms with Gasteiger partial charge in [-0.25, -0.2) is 24.0 Å². The molecule has 0 aliphatic carbocycles. The summed E-state index contributed by atoms with van der Waals surface area (Å²) >= 11 is 0. The van der Waals surface area contributed by atoms with E-state index >= 15 is 0 Å². The lowest BCUT2D eigenvalue weighted by molar-refractivity contribution is -0.154. The highest BCUT2D eigenvalue weighted by molar-refractivity contribution is 6.16. The predicted octanol–water partition coefficient (Wildman–Crippen LogP) is 1.32. The van der Waals surface area contributed by atoms with Crippen LogP contribution in [0.25, 0.3) is 33.4 Å². The van der Waals surface area contributed by atoms with Crippen molar-refractivity contribution in [2.24, 2.45) is 0 Å². The average Bonchev–Trinajstić information content (AvgIpc) is 3.29. The quantitative estimate of drug-likeness (QED) is 0.0591. The van der Waals surface area contributed by atoms with Crippen molar-refractivity contribution in [3.8, 4) is 120 Å². The van der Waals surface area contributed by atoms with Gasteiger partial charge in [-0.05, 0) is 18.2 Å². The second-order valence-corrected chi connectivity index (χ2v) is 15.0. The minimum absolute atomic E-state index is 0.318. The van der Waals surface area contributed by atoms with Crippen molar-refractivity contribution >= 4 is 29.8 Å². The van der Waals surface area contributed by atoms with Crippen LogP contribution < -0.4 is 0 Å². The van der Waals surface area contributed by atoms with E-state index in [4.69, 9.17) is 23.7 Å². The van der Waals surface area contributed by atoms with E-state index in [1.165, 1.54) is 0 Å². The minimum atomic E-state index is -2.79. The molecule has 0 radical (unpaired) electrons. The number of carbonyl (C=O) groups is 5. The molecule has 5 aromatic rings. The Balaban J connectivity index is 1.43. The van der Waals surface area contributed by atoms with Gasteiger partial charge < -0.3 is 105 Å². The number of phenols is 15. The Morgan fingerprint density at radius 1 is 0.343 bits per heavy atom. The van der Waals surface area contributed by atoms with Crippen molar-refractivity contribution in [3.05, 3.63) is 51.6 Å². The molecule has 67 heavy (non-hydrogen) atoms. The lowest BCUT2D eigenvalue weighted by atomic mass is 9.80. The Morgan fingerprint density at radius 3 is 1.39 bits per heavy atom. The summed E-state index contributed by atoms with van der Waals surface area (Å²) in [5, 5.41) is 177. The number of aliphatic hydroxyl groups excluding tert-OH is 1. The van der Waals surface area contributed by atoms with Gasteiger partial charge in [0.15, 0.2) is 81.9 Å². The van der Waals surface area contributed by atoms with Gasteiger partial charge in [0.25, 0.3) is 0 Å². The number of hydrogen-bond donors (Lipinski definition) is 16. The Kier molecular flexibility index (Phi) is 9.05. The van der Waals surface area contributed by atoms with E-state index in [0.717, 1.165) is 0 Å². The van der Waals surface area contributed by atoms with Gasteiger partial charge in [-0.3, -0.25) is 0 Å². The van der Waals surface area contributed by atoms with Crippen molar-refractivity contribution in [1.82, 2.24) is 0 Å². The summed E-state index contributed by atoms with van der Waals surface area (Å²) in [5.74, 6) is -32.2. The van der Waals surface area contributed by atoms with Crippen molar-refractivity contribution in [2.75, 3.05) is 6.61 Å². The third kappa shape index (κ3) is 5.68. The Hall–Kier alpha value is -9.59. The van der Waals surface area contributed by atoms with E-state index < -0.39 is 220 Å². The number of cyclic esters (lactones) is 1. The predicted molar refractivity (Wildman–Crippen MR) is 206 cm³/mol. The number of carbonyl (C=O) groups excluding carboxylic acids is 5. The molecule has 5 aromatic carbocycles. The van der Waals surface area contributed by atoms with E-state index in [2.05, 4.69) is 0 Å². The number of esters is 5. The van der Waals surface area contributed by atoms with E-state index in [9.17, 15) is 106 Å². The van der Waals surface area contributed by atoms with E-state index in [1.807, 2.05) is 0 Å². The molecule has 5 heterocycles. The third-order valence-corrected chi connectivity index (χ3v) is 11.5.